The van der Waals surface area contributed by atoms with Crippen molar-refractivity contribution in [3.05, 3.63) is 51.0 Å². The quantitative estimate of drug-likeness (QED) is 0.818. The second-order valence-corrected chi connectivity index (χ2v) is 6.67. The van der Waals surface area contributed by atoms with E-state index in [1.165, 1.54) is 0 Å². The van der Waals surface area contributed by atoms with Gasteiger partial charge in [-0.05, 0) is 52.7 Å². The van der Waals surface area contributed by atoms with Gasteiger partial charge in [-0.3, -0.25) is 0 Å². The van der Waals surface area contributed by atoms with Crippen LogP contribution in [0, 0.1) is 0 Å². The first-order valence-electron chi connectivity index (χ1n) is 5.33. The van der Waals surface area contributed by atoms with Crippen LogP contribution in [0.15, 0.2) is 55.4 Å². The molecule has 0 saturated carbocycles. The lowest BCUT2D eigenvalue weighted by atomic mass is 10.1. The maximum atomic E-state index is 9.76. The minimum Gasteiger partial charge on any atom is -0.389 e. The van der Waals surface area contributed by atoms with Gasteiger partial charge in [0.05, 0.1) is 6.10 Å². The van der Waals surface area contributed by atoms with Crippen LogP contribution in [0.25, 0.3) is 0 Å². The minimum atomic E-state index is -0.490. The topological polar surface area (TPSA) is 33.1 Å². The molecule has 5 heteroatoms. The molecule has 0 amide bonds. The Labute approximate surface area is 127 Å². The Morgan fingerprint density at radius 2 is 1.89 bits per heavy atom. The third kappa shape index (κ3) is 3.57. The lowest BCUT2D eigenvalue weighted by Gasteiger charge is -2.11. The fraction of sp³-hybridized carbons (Fsp3) is 0.154. The highest BCUT2D eigenvalue weighted by Crippen LogP contribution is 2.34. The van der Waals surface area contributed by atoms with E-state index in [4.69, 9.17) is 0 Å². The van der Waals surface area contributed by atoms with E-state index < -0.39 is 6.10 Å². The Morgan fingerprint density at radius 1 is 1.17 bits per heavy atom. The van der Waals surface area contributed by atoms with Crippen molar-refractivity contribution in [2.45, 2.75) is 22.9 Å². The fourth-order valence-electron chi connectivity index (χ4n) is 1.48. The number of aliphatic hydroxyl groups excluding tert-OH is 1. The highest BCUT2D eigenvalue weighted by atomic mass is 79.9. The Bertz CT molecular complexity index is 543. The zero-order valence-corrected chi connectivity index (χ0v) is 13.6. The van der Waals surface area contributed by atoms with Crippen molar-refractivity contribution in [3.8, 4) is 0 Å². The van der Waals surface area contributed by atoms with Crippen molar-refractivity contribution in [1.82, 2.24) is 4.98 Å². The molecule has 0 saturated heterocycles. The maximum Gasteiger partial charge on any atom is 0.101 e. The molecule has 0 spiro atoms. The second-order valence-electron chi connectivity index (χ2n) is 3.77. The van der Waals surface area contributed by atoms with Crippen molar-refractivity contribution >= 4 is 43.6 Å². The second kappa shape index (κ2) is 6.19. The van der Waals surface area contributed by atoms with E-state index in [0.29, 0.717) is 0 Å². The first-order valence-corrected chi connectivity index (χ1v) is 7.73. The zero-order chi connectivity index (χ0) is 13.1. The number of halogens is 2. The van der Waals surface area contributed by atoms with Gasteiger partial charge in [-0.2, -0.15) is 0 Å². The van der Waals surface area contributed by atoms with Gasteiger partial charge in [0, 0.05) is 20.0 Å². The van der Waals surface area contributed by atoms with Crippen molar-refractivity contribution in [1.29, 1.82) is 0 Å². The van der Waals surface area contributed by atoms with Crippen molar-refractivity contribution in [2.75, 3.05) is 0 Å². The first kappa shape index (κ1) is 14.1. The van der Waals surface area contributed by atoms with Crippen LogP contribution in [0.1, 0.15) is 18.6 Å². The summed E-state index contributed by atoms with van der Waals surface area (Å²) in [4.78, 5) is 5.33. The molecule has 1 heterocycles. The molecule has 1 atom stereocenters. The number of aromatic nitrogens is 1. The van der Waals surface area contributed by atoms with Gasteiger partial charge in [-0.15, -0.1) is 0 Å². The van der Waals surface area contributed by atoms with Crippen LogP contribution < -0.4 is 0 Å². The molecule has 2 aromatic rings. The van der Waals surface area contributed by atoms with Crippen LogP contribution in [0.2, 0.25) is 0 Å². The molecule has 18 heavy (non-hydrogen) atoms. The van der Waals surface area contributed by atoms with Crippen LogP contribution in [0.3, 0.4) is 0 Å². The standard InChI is InChI=1S/C13H11Br2NOS/c1-8(17)11-4-2-9(14)6-12(11)18-13-5-3-10(15)7-16-13/h2-8,17H,1H3. The summed E-state index contributed by atoms with van der Waals surface area (Å²) in [5.41, 5.74) is 0.910. The van der Waals surface area contributed by atoms with E-state index in [2.05, 4.69) is 36.8 Å². The lowest BCUT2D eigenvalue weighted by Crippen LogP contribution is -1.94. The molecule has 0 bridgehead atoms. The Kier molecular flexibility index (Phi) is 4.84. The number of rotatable bonds is 3. The predicted octanol–water partition coefficient (Wildman–Crippen LogP) is 4.81. The van der Waals surface area contributed by atoms with Crippen LogP contribution in [-0.4, -0.2) is 10.1 Å². The summed E-state index contributed by atoms with van der Waals surface area (Å²) in [7, 11) is 0. The molecular formula is C13H11Br2NOS. The van der Waals surface area contributed by atoms with E-state index >= 15 is 0 Å². The first-order chi connectivity index (χ1) is 8.56. The molecule has 2 nitrogen and oxygen atoms in total. The smallest absolute Gasteiger partial charge is 0.101 e. The van der Waals surface area contributed by atoms with E-state index in [1.54, 1.807) is 24.9 Å². The predicted molar refractivity (Wildman–Crippen MR) is 80.8 cm³/mol. The average Bonchev–Trinajstić information content (AvgIpc) is 2.32. The summed E-state index contributed by atoms with van der Waals surface area (Å²) >= 11 is 8.35. The van der Waals surface area contributed by atoms with Crippen molar-refractivity contribution in [3.63, 3.8) is 0 Å². The Morgan fingerprint density at radius 3 is 2.50 bits per heavy atom. The number of benzene rings is 1. The third-order valence-electron chi connectivity index (χ3n) is 2.34. The molecule has 2 rings (SSSR count). The van der Waals surface area contributed by atoms with Gasteiger partial charge in [0.1, 0.15) is 5.03 Å². The van der Waals surface area contributed by atoms with Gasteiger partial charge in [0.25, 0.3) is 0 Å². The van der Waals surface area contributed by atoms with Crippen molar-refractivity contribution in [2.24, 2.45) is 0 Å². The van der Waals surface area contributed by atoms with Gasteiger partial charge < -0.3 is 5.11 Å². The molecule has 1 aromatic carbocycles. The summed E-state index contributed by atoms with van der Waals surface area (Å²) in [5, 5.41) is 10.7. The summed E-state index contributed by atoms with van der Waals surface area (Å²) in [6.45, 7) is 1.77. The number of hydrogen-bond acceptors (Lipinski definition) is 3. The van der Waals surface area contributed by atoms with Crippen molar-refractivity contribution < 1.29 is 5.11 Å². The summed E-state index contributed by atoms with van der Waals surface area (Å²) in [6.07, 6.45) is 1.28. The molecule has 0 fully saturated rings. The SMILES string of the molecule is CC(O)c1ccc(Br)cc1Sc1ccc(Br)cn1. The molecule has 0 radical (unpaired) electrons. The molecule has 1 aromatic heterocycles. The molecule has 94 valence electrons. The Balaban J connectivity index is 2.32. The maximum absolute atomic E-state index is 9.76. The summed E-state index contributed by atoms with van der Waals surface area (Å²) in [6, 6.07) is 9.75. The van der Waals surface area contributed by atoms with E-state index in [-0.39, 0.29) is 0 Å². The minimum absolute atomic E-state index is 0.490. The summed E-state index contributed by atoms with van der Waals surface area (Å²) < 4.78 is 1.95. The number of nitrogens with zero attached hydrogens (tertiary/aromatic N) is 1. The third-order valence-corrected chi connectivity index (χ3v) is 4.33. The van der Waals surface area contributed by atoms with Crippen LogP contribution in [-0.2, 0) is 0 Å². The van der Waals surface area contributed by atoms with Gasteiger partial charge in [0.15, 0.2) is 0 Å². The largest absolute Gasteiger partial charge is 0.389 e. The average molecular weight is 389 g/mol. The van der Waals surface area contributed by atoms with E-state index in [1.807, 2.05) is 30.3 Å². The summed E-state index contributed by atoms with van der Waals surface area (Å²) in [5.74, 6) is 0. The monoisotopic (exact) mass is 387 g/mol. The van der Waals surface area contributed by atoms with Crippen LogP contribution in [0.4, 0.5) is 0 Å². The number of hydrogen-bond donors (Lipinski definition) is 1. The van der Waals surface area contributed by atoms with Crippen LogP contribution in [0.5, 0.6) is 0 Å². The molecule has 0 aliphatic rings. The van der Waals surface area contributed by atoms with Gasteiger partial charge in [-0.1, -0.05) is 33.8 Å². The van der Waals surface area contributed by atoms with E-state index in [9.17, 15) is 5.11 Å². The zero-order valence-electron chi connectivity index (χ0n) is 9.60. The highest BCUT2D eigenvalue weighted by Gasteiger charge is 2.10. The van der Waals surface area contributed by atoms with Gasteiger partial charge in [0.2, 0.25) is 0 Å². The van der Waals surface area contributed by atoms with E-state index in [0.717, 1.165) is 24.4 Å². The molecule has 0 aliphatic heterocycles. The fourth-order valence-corrected chi connectivity index (χ4v) is 3.23. The molecule has 1 unspecified atom stereocenters. The van der Waals surface area contributed by atoms with Crippen LogP contribution >= 0.6 is 43.6 Å². The lowest BCUT2D eigenvalue weighted by molar-refractivity contribution is 0.196. The normalized spacial score (nSPS) is 12.4. The number of pyridine rings is 1. The van der Waals surface area contributed by atoms with Gasteiger partial charge >= 0.3 is 0 Å². The van der Waals surface area contributed by atoms with Gasteiger partial charge in [-0.25, -0.2) is 4.98 Å². The highest BCUT2D eigenvalue weighted by molar-refractivity contribution is 9.10. The Hall–Kier alpha value is -0.360. The molecule has 1 N–H and O–H groups in total. The molecular weight excluding hydrogens is 378 g/mol. The molecule has 0 aliphatic carbocycles. The number of aliphatic hydroxyl groups is 1.